The second-order valence-electron chi connectivity index (χ2n) is 5.17. The molecule has 0 fully saturated rings. The second-order valence-corrected chi connectivity index (χ2v) is 5.17. The molecule has 0 aliphatic carbocycles. The predicted molar refractivity (Wildman–Crippen MR) is 82.1 cm³/mol. The SMILES string of the molecule is CCCCC(CC)C[O-].CCCCC(CC)C[O-].[Ba+2]. The van der Waals surface area contributed by atoms with Gasteiger partial charge < -0.3 is 10.2 Å². The van der Waals surface area contributed by atoms with Gasteiger partial charge in [-0.05, 0) is 0 Å². The van der Waals surface area contributed by atoms with Crippen LogP contribution in [0.25, 0.3) is 0 Å². The summed E-state index contributed by atoms with van der Waals surface area (Å²) in [5.74, 6) is 0.898. The van der Waals surface area contributed by atoms with Gasteiger partial charge >= 0.3 is 48.9 Å². The number of rotatable bonds is 10. The third kappa shape index (κ3) is 19.5. The Balaban J connectivity index is -0.000000256. The molecule has 0 aromatic rings. The van der Waals surface area contributed by atoms with Crippen molar-refractivity contribution in [3.8, 4) is 0 Å². The van der Waals surface area contributed by atoms with Crippen LogP contribution in [0.15, 0.2) is 0 Å². The predicted octanol–water partition coefficient (Wildman–Crippen LogP) is 2.75. The van der Waals surface area contributed by atoms with E-state index in [4.69, 9.17) is 0 Å². The minimum absolute atomic E-state index is 0. The van der Waals surface area contributed by atoms with Crippen LogP contribution in [0.1, 0.15) is 79.1 Å². The molecule has 19 heavy (non-hydrogen) atoms. The zero-order valence-corrected chi connectivity index (χ0v) is 18.2. The summed E-state index contributed by atoms with van der Waals surface area (Å²) in [5.41, 5.74) is 0. The van der Waals surface area contributed by atoms with Gasteiger partial charge in [0.15, 0.2) is 0 Å². The van der Waals surface area contributed by atoms with E-state index in [2.05, 4.69) is 27.7 Å². The fourth-order valence-electron chi connectivity index (χ4n) is 1.80. The molecule has 0 aliphatic heterocycles. The van der Waals surface area contributed by atoms with E-state index >= 15 is 0 Å². The fraction of sp³-hybridized carbons (Fsp3) is 1.00. The van der Waals surface area contributed by atoms with Gasteiger partial charge in [0, 0.05) is 0 Å². The first-order chi connectivity index (χ1) is 8.69. The van der Waals surface area contributed by atoms with E-state index < -0.39 is 0 Å². The Kier molecular flexibility index (Phi) is 29.2. The van der Waals surface area contributed by atoms with Crippen LogP contribution < -0.4 is 10.2 Å². The number of hydrogen-bond donors (Lipinski definition) is 0. The normalized spacial score (nSPS) is 12.9. The molecule has 0 heterocycles. The molecule has 112 valence electrons. The zero-order valence-electron chi connectivity index (χ0n) is 13.7. The van der Waals surface area contributed by atoms with Gasteiger partial charge in [-0.25, -0.2) is 0 Å². The topological polar surface area (TPSA) is 46.1 Å². The molecule has 3 heteroatoms. The van der Waals surface area contributed by atoms with Gasteiger partial charge in [-0.15, -0.1) is 13.2 Å². The molecule has 2 atom stereocenters. The Morgan fingerprint density at radius 1 is 0.684 bits per heavy atom. The third-order valence-electron chi connectivity index (χ3n) is 3.56. The first-order valence-electron chi connectivity index (χ1n) is 7.86. The monoisotopic (exact) mass is 396 g/mol. The van der Waals surface area contributed by atoms with Crippen molar-refractivity contribution in [2.24, 2.45) is 11.8 Å². The standard InChI is InChI=1S/2C8H17O.Ba/c2*1-3-5-6-8(4-2)7-9;/h2*8H,3-7H2,1-2H3;/q2*-1;+2. The average molecular weight is 396 g/mol. The van der Waals surface area contributed by atoms with Crippen LogP contribution in [0.5, 0.6) is 0 Å². The molecule has 2 unspecified atom stereocenters. The van der Waals surface area contributed by atoms with E-state index in [-0.39, 0.29) is 62.1 Å². The van der Waals surface area contributed by atoms with Gasteiger partial charge in [0.2, 0.25) is 0 Å². The zero-order chi connectivity index (χ0) is 14.2. The molecule has 0 bridgehead atoms. The maximum absolute atomic E-state index is 10.4. The van der Waals surface area contributed by atoms with Crippen LogP contribution in [-0.4, -0.2) is 62.1 Å². The van der Waals surface area contributed by atoms with Gasteiger partial charge in [0.05, 0.1) is 0 Å². The van der Waals surface area contributed by atoms with Crippen LogP contribution in [0.4, 0.5) is 0 Å². The maximum atomic E-state index is 10.4. The number of unbranched alkanes of at least 4 members (excludes halogenated alkanes) is 2. The molecule has 0 saturated heterocycles. The van der Waals surface area contributed by atoms with Gasteiger partial charge in [-0.2, -0.15) is 0 Å². The molecular weight excluding hydrogens is 362 g/mol. The van der Waals surface area contributed by atoms with Crippen molar-refractivity contribution in [2.45, 2.75) is 79.1 Å². The summed E-state index contributed by atoms with van der Waals surface area (Å²) in [6, 6.07) is 0. The van der Waals surface area contributed by atoms with Crippen LogP contribution in [0.2, 0.25) is 0 Å². The Hall–Kier alpha value is 1.49. The Morgan fingerprint density at radius 3 is 1.16 bits per heavy atom. The van der Waals surface area contributed by atoms with Crippen LogP contribution in [-0.2, 0) is 0 Å². The average Bonchev–Trinajstić information content (AvgIpc) is 2.42. The molecule has 0 radical (unpaired) electrons. The minimum Gasteiger partial charge on any atom is -0.854 e. The molecule has 0 aromatic carbocycles. The molecule has 0 N–H and O–H groups in total. The molecule has 0 spiro atoms. The third-order valence-corrected chi connectivity index (χ3v) is 3.56. The van der Waals surface area contributed by atoms with Gasteiger partial charge in [-0.1, -0.05) is 90.9 Å². The Bertz CT molecular complexity index is 119. The van der Waals surface area contributed by atoms with Crippen molar-refractivity contribution in [3.05, 3.63) is 0 Å². The van der Waals surface area contributed by atoms with Gasteiger partial charge in [0.25, 0.3) is 0 Å². The molecule has 0 rings (SSSR count). The summed E-state index contributed by atoms with van der Waals surface area (Å²) in [4.78, 5) is 0. The van der Waals surface area contributed by atoms with Crippen molar-refractivity contribution < 1.29 is 10.2 Å². The summed E-state index contributed by atoms with van der Waals surface area (Å²) in [5, 5.41) is 20.7. The van der Waals surface area contributed by atoms with Crippen LogP contribution >= 0.6 is 0 Å². The minimum atomic E-state index is 0. The first kappa shape index (κ1) is 25.4. The van der Waals surface area contributed by atoms with E-state index in [0.717, 1.165) is 25.7 Å². The number of hydrogen-bond acceptors (Lipinski definition) is 2. The van der Waals surface area contributed by atoms with E-state index in [1.807, 2.05) is 0 Å². The summed E-state index contributed by atoms with van der Waals surface area (Å²) in [6.07, 6.45) is 9.27. The van der Waals surface area contributed by atoms with Crippen molar-refractivity contribution in [1.29, 1.82) is 0 Å². The van der Waals surface area contributed by atoms with Crippen molar-refractivity contribution in [2.75, 3.05) is 13.2 Å². The Labute approximate surface area is 161 Å². The quantitative estimate of drug-likeness (QED) is 0.534. The van der Waals surface area contributed by atoms with E-state index in [1.54, 1.807) is 0 Å². The summed E-state index contributed by atoms with van der Waals surface area (Å²) in [6.45, 7) is 8.76. The Morgan fingerprint density at radius 2 is 1.00 bits per heavy atom. The van der Waals surface area contributed by atoms with Crippen LogP contribution in [0, 0.1) is 11.8 Å². The van der Waals surface area contributed by atoms with E-state index in [0.29, 0.717) is 11.8 Å². The van der Waals surface area contributed by atoms with Crippen molar-refractivity contribution in [3.63, 3.8) is 0 Å². The molecule has 0 aliphatic rings. The van der Waals surface area contributed by atoms with Crippen LogP contribution in [0.3, 0.4) is 0 Å². The summed E-state index contributed by atoms with van der Waals surface area (Å²) >= 11 is 0. The fourth-order valence-corrected chi connectivity index (χ4v) is 1.80. The first-order valence-corrected chi connectivity index (χ1v) is 7.86. The molecule has 0 amide bonds. The largest absolute Gasteiger partial charge is 2.00 e. The van der Waals surface area contributed by atoms with E-state index in [9.17, 15) is 10.2 Å². The molecule has 0 aromatic heterocycles. The van der Waals surface area contributed by atoms with Gasteiger partial charge in [-0.3, -0.25) is 0 Å². The maximum Gasteiger partial charge on any atom is 2.00 e. The van der Waals surface area contributed by atoms with E-state index in [1.165, 1.54) is 25.7 Å². The summed E-state index contributed by atoms with van der Waals surface area (Å²) in [7, 11) is 0. The molecular formula is C16H34BaO2. The molecule has 0 saturated carbocycles. The smallest absolute Gasteiger partial charge is 0.854 e. The van der Waals surface area contributed by atoms with Crippen molar-refractivity contribution >= 4 is 48.9 Å². The second kappa shape index (κ2) is 21.8. The van der Waals surface area contributed by atoms with Crippen molar-refractivity contribution in [1.82, 2.24) is 0 Å². The van der Waals surface area contributed by atoms with Gasteiger partial charge in [0.1, 0.15) is 0 Å². The summed E-state index contributed by atoms with van der Waals surface area (Å²) < 4.78 is 0. The molecule has 2 nitrogen and oxygen atoms in total.